The first-order valence-electron chi connectivity index (χ1n) is 6.36. The molecule has 2 aromatic carbocycles. The summed E-state index contributed by atoms with van der Waals surface area (Å²) < 4.78 is 19.8. The summed E-state index contributed by atoms with van der Waals surface area (Å²) in [6.45, 7) is 0.679. The molecule has 104 valence electrons. The fourth-order valence-corrected chi connectivity index (χ4v) is 2.77. The van der Waals surface area contributed by atoms with Gasteiger partial charge in [-0.25, -0.2) is 9.82 Å². The third-order valence-electron chi connectivity index (χ3n) is 3.50. The lowest BCUT2D eigenvalue weighted by Crippen LogP contribution is -2.29. The molecule has 0 fully saturated rings. The van der Waals surface area contributed by atoms with Crippen LogP contribution in [0.4, 0.5) is 4.39 Å². The molecule has 0 aromatic heterocycles. The largest absolute Gasteiger partial charge is 0.493 e. The van der Waals surface area contributed by atoms with Crippen LogP contribution < -0.4 is 16.0 Å². The molecule has 1 aliphatic heterocycles. The van der Waals surface area contributed by atoms with Gasteiger partial charge in [0, 0.05) is 12.0 Å². The number of ether oxygens (including phenoxy) is 1. The Balaban J connectivity index is 2.06. The Morgan fingerprint density at radius 1 is 1.30 bits per heavy atom. The molecular formula is C15H14BrFN2O. The molecule has 0 spiro atoms. The first kappa shape index (κ1) is 13.5. The van der Waals surface area contributed by atoms with Crippen LogP contribution in [0.5, 0.6) is 5.75 Å². The first-order chi connectivity index (χ1) is 9.70. The van der Waals surface area contributed by atoms with Crippen molar-refractivity contribution >= 4 is 15.9 Å². The van der Waals surface area contributed by atoms with Gasteiger partial charge in [0.15, 0.2) is 0 Å². The van der Waals surface area contributed by atoms with Crippen molar-refractivity contribution in [2.24, 2.45) is 5.84 Å². The second-order valence-corrected chi connectivity index (χ2v) is 5.56. The van der Waals surface area contributed by atoms with E-state index in [2.05, 4.69) is 21.4 Å². The summed E-state index contributed by atoms with van der Waals surface area (Å²) in [5.41, 5.74) is 5.61. The highest BCUT2D eigenvalue weighted by molar-refractivity contribution is 9.10. The zero-order chi connectivity index (χ0) is 14.1. The molecule has 2 aromatic rings. The predicted molar refractivity (Wildman–Crippen MR) is 78.9 cm³/mol. The molecule has 0 bridgehead atoms. The van der Waals surface area contributed by atoms with Crippen molar-refractivity contribution in [2.75, 3.05) is 6.61 Å². The molecule has 1 aliphatic rings. The highest BCUT2D eigenvalue weighted by Crippen LogP contribution is 2.36. The Morgan fingerprint density at radius 2 is 2.15 bits per heavy atom. The summed E-state index contributed by atoms with van der Waals surface area (Å²) in [5.74, 6) is 6.23. The van der Waals surface area contributed by atoms with Gasteiger partial charge in [-0.2, -0.15) is 0 Å². The zero-order valence-electron chi connectivity index (χ0n) is 10.7. The molecule has 20 heavy (non-hydrogen) atoms. The molecule has 0 radical (unpaired) electrons. The van der Waals surface area contributed by atoms with Crippen LogP contribution in [0.15, 0.2) is 40.9 Å². The maximum atomic E-state index is 13.7. The van der Waals surface area contributed by atoms with Crippen molar-refractivity contribution in [1.29, 1.82) is 0 Å². The van der Waals surface area contributed by atoms with E-state index in [9.17, 15) is 4.39 Å². The number of hydrazine groups is 1. The minimum Gasteiger partial charge on any atom is -0.493 e. The lowest BCUT2D eigenvalue weighted by Gasteiger charge is -2.19. The monoisotopic (exact) mass is 336 g/mol. The number of halogens is 2. The van der Waals surface area contributed by atoms with Gasteiger partial charge in [0.1, 0.15) is 11.6 Å². The smallest absolute Gasteiger partial charge is 0.137 e. The van der Waals surface area contributed by atoms with Crippen molar-refractivity contribution in [3.63, 3.8) is 0 Å². The molecule has 3 rings (SSSR count). The number of hydrogen-bond acceptors (Lipinski definition) is 3. The normalized spacial score (nSPS) is 14.8. The second-order valence-electron chi connectivity index (χ2n) is 4.71. The van der Waals surface area contributed by atoms with Gasteiger partial charge < -0.3 is 4.74 Å². The third kappa shape index (κ3) is 2.32. The Hall–Kier alpha value is -1.43. The summed E-state index contributed by atoms with van der Waals surface area (Å²) in [4.78, 5) is 0. The quantitative estimate of drug-likeness (QED) is 0.668. The van der Waals surface area contributed by atoms with Crippen LogP contribution in [0.1, 0.15) is 22.7 Å². The van der Waals surface area contributed by atoms with Gasteiger partial charge in [-0.05, 0) is 39.2 Å². The molecule has 3 N–H and O–H groups in total. The average molecular weight is 337 g/mol. The van der Waals surface area contributed by atoms with Gasteiger partial charge in [-0.3, -0.25) is 5.84 Å². The van der Waals surface area contributed by atoms with Crippen LogP contribution in [-0.2, 0) is 6.42 Å². The summed E-state index contributed by atoms with van der Waals surface area (Å²) in [7, 11) is 0. The standard InChI is InChI=1S/C15H14BrFN2O/c16-12-5-4-10(8-13(12)17)14(19-18)11-3-1-2-9-6-7-20-15(9)11/h1-5,8,14,19H,6-7,18H2. The van der Waals surface area contributed by atoms with E-state index >= 15 is 0 Å². The average Bonchev–Trinajstić information content (AvgIpc) is 2.93. The molecule has 0 saturated carbocycles. The van der Waals surface area contributed by atoms with Crippen molar-refractivity contribution in [1.82, 2.24) is 5.43 Å². The Kier molecular flexibility index (Phi) is 3.74. The van der Waals surface area contributed by atoms with Crippen LogP contribution >= 0.6 is 15.9 Å². The van der Waals surface area contributed by atoms with Crippen LogP contribution in [0.25, 0.3) is 0 Å². The van der Waals surface area contributed by atoms with Gasteiger partial charge in [-0.1, -0.05) is 24.3 Å². The number of nitrogens with two attached hydrogens (primary N) is 1. The topological polar surface area (TPSA) is 47.3 Å². The second kappa shape index (κ2) is 5.52. The molecule has 0 amide bonds. The van der Waals surface area contributed by atoms with Crippen molar-refractivity contribution in [2.45, 2.75) is 12.5 Å². The van der Waals surface area contributed by atoms with E-state index in [1.807, 2.05) is 24.3 Å². The van der Waals surface area contributed by atoms with Gasteiger partial charge in [0.2, 0.25) is 0 Å². The number of benzene rings is 2. The Labute approximate surface area is 125 Å². The minimum absolute atomic E-state index is 0.300. The van der Waals surface area contributed by atoms with E-state index in [1.165, 1.54) is 11.6 Å². The molecule has 0 aliphatic carbocycles. The molecule has 0 saturated heterocycles. The molecule has 1 atom stereocenters. The summed E-state index contributed by atoms with van der Waals surface area (Å²) in [6, 6.07) is 10.7. The fraction of sp³-hybridized carbons (Fsp3) is 0.200. The fourth-order valence-electron chi connectivity index (χ4n) is 2.53. The van der Waals surface area contributed by atoms with Crippen LogP contribution in [0.2, 0.25) is 0 Å². The number of para-hydroxylation sites is 1. The Bertz CT molecular complexity index is 648. The molecule has 3 nitrogen and oxygen atoms in total. The van der Waals surface area contributed by atoms with Crippen LogP contribution in [0, 0.1) is 5.82 Å². The third-order valence-corrected chi connectivity index (χ3v) is 4.14. The molecular weight excluding hydrogens is 323 g/mol. The first-order valence-corrected chi connectivity index (χ1v) is 7.15. The predicted octanol–water partition coefficient (Wildman–Crippen LogP) is 3.08. The minimum atomic E-state index is -0.309. The molecule has 5 heteroatoms. The summed E-state index contributed by atoms with van der Waals surface area (Å²) in [6.07, 6.45) is 0.898. The van der Waals surface area contributed by atoms with Crippen molar-refractivity contribution in [3.8, 4) is 5.75 Å². The summed E-state index contributed by atoms with van der Waals surface area (Å²) >= 11 is 3.16. The van der Waals surface area contributed by atoms with E-state index in [1.54, 1.807) is 6.07 Å². The van der Waals surface area contributed by atoms with Crippen LogP contribution in [0.3, 0.4) is 0 Å². The number of rotatable bonds is 3. The maximum absolute atomic E-state index is 13.7. The van der Waals surface area contributed by atoms with E-state index in [0.717, 1.165) is 23.3 Å². The summed E-state index contributed by atoms with van der Waals surface area (Å²) in [5, 5.41) is 0. The lowest BCUT2D eigenvalue weighted by atomic mass is 9.96. The van der Waals surface area contributed by atoms with E-state index in [4.69, 9.17) is 10.6 Å². The molecule has 1 heterocycles. The maximum Gasteiger partial charge on any atom is 0.137 e. The van der Waals surface area contributed by atoms with Crippen molar-refractivity contribution < 1.29 is 9.13 Å². The molecule has 1 unspecified atom stereocenters. The zero-order valence-corrected chi connectivity index (χ0v) is 12.3. The SMILES string of the molecule is NNC(c1ccc(Br)c(F)c1)c1cccc2c1OCC2. The van der Waals surface area contributed by atoms with E-state index in [-0.39, 0.29) is 11.9 Å². The highest BCUT2D eigenvalue weighted by atomic mass is 79.9. The number of nitrogens with one attached hydrogen (secondary N) is 1. The van der Waals surface area contributed by atoms with E-state index in [0.29, 0.717) is 11.1 Å². The highest BCUT2D eigenvalue weighted by Gasteiger charge is 2.23. The van der Waals surface area contributed by atoms with Gasteiger partial charge in [0.25, 0.3) is 0 Å². The number of fused-ring (bicyclic) bond motifs is 1. The van der Waals surface area contributed by atoms with E-state index < -0.39 is 0 Å². The van der Waals surface area contributed by atoms with Crippen molar-refractivity contribution in [3.05, 3.63) is 63.4 Å². The number of hydrogen-bond donors (Lipinski definition) is 2. The van der Waals surface area contributed by atoms with Gasteiger partial charge in [-0.15, -0.1) is 0 Å². The Morgan fingerprint density at radius 3 is 2.90 bits per heavy atom. The van der Waals surface area contributed by atoms with Gasteiger partial charge in [0.05, 0.1) is 17.1 Å². The van der Waals surface area contributed by atoms with Gasteiger partial charge >= 0.3 is 0 Å². The lowest BCUT2D eigenvalue weighted by molar-refractivity contribution is 0.350. The van der Waals surface area contributed by atoms with Crippen LogP contribution in [-0.4, -0.2) is 6.61 Å².